The Bertz CT molecular complexity index is 500. The summed E-state index contributed by atoms with van der Waals surface area (Å²) in [4.78, 5) is 22.1. The lowest BCUT2D eigenvalue weighted by molar-refractivity contribution is -0.385. The van der Waals surface area contributed by atoms with E-state index >= 15 is 0 Å². The molecule has 0 saturated heterocycles. The van der Waals surface area contributed by atoms with Crippen LogP contribution in [0.3, 0.4) is 0 Å². The Hall–Kier alpha value is -1.47. The number of aliphatic hydroxyl groups excluding tert-OH is 1. The van der Waals surface area contributed by atoms with Crippen molar-refractivity contribution in [2.45, 2.75) is 25.0 Å². The van der Waals surface area contributed by atoms with Crippen molar-refractivity contribution in [2.24, 2.45) is 0 Å². The number of halogens is 1. The fourth-order valence-electron chi connectivity index (χ4n) is 1.80. The van der Waals surface area contributed by atoms with Crippen LogP contribution in [0.5, 0.6) is 0 Å². The van der Waals surface area contributed by atoms with Gasteiger partial charge >= 0.3 is 0 Å². The second-order valence-electron chi connectivity index (χ2n) is 4.19. The summed E-state index contributed by atoms with van der Waals surface area (Å²) in [5.41, 5.74) is 0.0851. The van der Waals surface area contributed by atoms with Crippen LogP contribution < -0.4 is 5.32 Å². The van der Waals surface area contributed by atoms with Crippen LogP contribution in [0.2, 0.25) is 0 Å². The molecule has 1 saturated carbocycles. The van der Waals surface area contributed by atoms with E-state index in [4.69, 9.17) is 5.11 Å². The third-order valence-electron chi connectivity index (χ3n) is 2.87. The minimum Gasteiger partial charge on any atom is -0.393 e. The van der Waals surface area contributed by atoms with Crippen LogP contribution in [-0.2, 0) is 0 Å². The van der Waals surface area contributed by atoms with Crippen molar-refractivity contribution >= 4 is 27.5 Å². The largest absolute Gasteiger partial charge is 0.393 e. The molecule has 1 aliphatic carbocycles. The van der Waals surface area contributed by atoms with E-state index in [1.165, 1.54) is 18.2 Å². The van der Waals surface area contributed by atoms with Crippen LogP contribution >= 0.6 is 15.9 Å². The molecule has 1 fully saturated rings. The Morgan fingerprint density at radius 2 is 2.17 bits per heavy atom. The molecule has 0 heterocycles. The van der Waals surface area contributed by atoms with Crippen LogP contribution in [0.25, 0.3) is 0 Å². The number of amides is 1. The highest BCUT2D eigenvalue weighted by atomic mass is 79.9. The van der Waals surface area contributed by atoms with Gasteiger partial charge in [-0.3, -0.25) is 14.9 Å². The molecule has 7 heteroatoms. The second kappa shape index (κ2) is 5.03. The Balaban J connectivity index is 2.15. The molecule has 96 valence electrons. The molecule has 1 amide bonds. The first kappa shape index (κ1) is 13.0. The highest BCUT2D eigenvalue weighted by Crippen LogP contribution is 2.29. The maximum Gasteiger partial charge on any atom is 0.284 e. The third-order valence-corrected chi connectivity index (χ3v) is 3.70. The Labute approximate surface area is 111 Å². The summed E-state index contributed by atoms with van der Waals surface area (Å²) in [7, 11) is 0. The van der Waals surface area contributed by atoms with E-state index in [-0.39, 0.29) is 33.8 Å². The molecule has 0 atom stereocenters. The molecule has 0 radical (unpaired) electrons. The maximum atomic E-state index is 11.9. The summed E-state index contributed by atoms with van der Waals surface area (Å²) < 4.78 is 0.173. The SMILES string of the molecule is O=C(NC1CC(O)C1)c1cccc([N+](=O)[O-])c1Br. The summed E-state index contributed by atoms with van der Waals surface area (Å²) in [5, 5.41) is 22.6. The van der Waals surface area contributed by atoms with Crippen molar-refractivity contribution in [3.05, 3.63) is 38.3 Å². The predicted molar refractivity (Wildman–Crippen MR) is 67.3 cm³/mol. The van der Waals surface area contributed by atoms with Gasteiger partial charge in [-0.15, -0.1) is 0 Å². The molecule has 18 heavy (non-hydrogen) atoms. The van der Waals surface area contributed by atoms with Crippen LogP contribution in [0, 0.1) is 10.1 Å². The standard InChI is InChI=1S/C11H11BrN2O4/c12-10-8(2-1-3-9(10)14(17)18)11(16)13-6-4-7(15)5-6/h1-3,6-7,15H,4-5H2,(H,13,16). The second-order valence-corrected chi connectivity index (χ2v) is 4.98. The topological polar surface area (TPSA) is 92.5 Å². The highest BCUT2D eigenvalue weighted by molar-refractivity contribution is 9.10. The molecule has 0 spiro atoms. The van der Waals surface area contributed by atoms with Crippen LogP contribution in [0.4, 0.5) is 5.69 Å². The Morgan fingerprint density at radius 3 is 2.72 bits per heavy atom. The zero-order valence-electron chi connectivity index (χ0n) is 9.30. The number of nitrogens with one attached hydrogen (secondary N) is 1. The van der Waals surface area contributed by atoms with Gasteiger partial charge in [0.15, 0.2) is 0 Å². The van der Waals surface area contributed by atoms with E-state index in [2.05, 4.69) is 21.2 Å². The monoisotopic (exact) mass is 314 g/mol. The van der Waals surface area contributed by atoms with E-state index in [1.807, 2.05) is 0 Å². The summed E-state index contributed by atoms with van der Waals surface area (Å²) in [6, 6.07) is 4.25. The fourth-order valence-corrected chi connectivity index (χ4v) is 2.39. The van der Waals surface area contributed by atoms with Gasteiger partial charge in [-0.1, -0.05) is 6.07 Å². The Morgan fingerprint density at radius 1 is 1.50 bits per heavy atom. The van der Waals surface area contributed by atoms with Gasteiger partial charge in [-0.05, 0) is 34.8 Å². The van der Waals surface area contributed by atoms with Crippen molar-refractivity contribution < 1.29 is 14.8 Å². The van der Waals surface area contributed by atoms with Crippen molar-refractivity contribution in [1.29, 1.82) is 0 Å². The van der Waals surface area contributed by atoms with Gasteiger partial charge in [0, 0.05) is 12.1 Å². The molecule has 1 aromatic rings. The summed E-state index contributed by atoms with van der Waals surface area (Å²) in [5.74, 6) is -0.373. The van der Waals surface area contributed by atoms with Crippen LogP contribution in [0.15, 0.2) is 22.7 Å². The van der Waals surface area contributed by atoms with Crippen molar-refractivity contribution in [1.82, 2.24) is 5.32 Å². The molecule has 0 aromatic heterocycles. The van der Waals surface area contributed by atoms with Crippen molar-refractivity contribution in [3.63, 3.8) is 0 Å². The number of rotatable bonds is 3. The summed E-state index contributed by atoms with van der Waals surface area (Å²) in [6.45, 7) is 0. The smallest absolute Gasteiger partial charge is 0.284 e. The molecule has 6 nitrogen and oxygen atoms in total. The van der Waals surface area contributed by atoms with Gasteiger partial charge in [0.05, 0.1) is 16.6 Å². The lowest BCUT2D eigenvalue weighted by Crippen LogP contribution is -2.46. The van der Waals surface area contributed by atoms with Crippen LogP contribution in [-0.4, -0.2) is 28.1 Å². The van der Waals surface area contributed by atoms with Crippen molar-refractivity contribution in [3.8, 4) is 0 Å². The first-order valence-electron chi connectivity index (χ1n) is 5.41. The van der Waals surface area contributed by atoms with Crippen LogP contribution in [0.1, 0.15) is 23.2 Å². The minimum atomic E-state index is -0.548. The Kier molecular flexibility index (Phi) is 3.63. The number of aliphatic hydroxyl groups is 1. The summed E-state index contributed by atoms with van der Waals surface area (Å²) >= 11 is 3.07. The molecule has 1 aliphatic rings. The lowest BCUT2D eigenvalue weighted by Gasteiger charge is -2.31. The van der Waals surface area contributed by atoms with Gasteiger partial charge in [-0.25, -0.2) is 0 Å². The minimum absolute atomic E-state index is 0.0568. The average Bonchev–Trinajstić information content (AvgIpc) is 2.26. The molecule has 0 aliphatic heterocycles. The molecule has 0 unspecified atom stereocenters. The van der Waals surface area contributed by atoms with Gasteiger partial charge in [0.25, 0.3) is 11.6 Å². The number of benzene rings is 1. The number of carbonyl (C=O) groups excluding carboxylic acids is 1. The van der Waals surface area contributed by atoms with Gasteiger partial charge < -0.3 is 10.4 Å². The first-order chi connectivity index (χ1) is 8.49. The van der Waals surface area contributed by atoms with E-state index < -0.39 is 4.92 Å². The highest BCUT2D eigenvalue weighted by Gasteiger charge is 2.29. The van der Waals surface area contributed by atoms with E-state index in [0.717, 1.165) is 0 Å². The molecule has 2 N–H and O–H groups in total. The molecular weight excluding hydrogens is 304 g/mol. The number of nitro benzene ring substituents is 1. The maximum absolute atomic E-state index is 11.9. The van der Waals surface area contributed by atoms with Gasteiger partial charge in [0.2, 0.25) is 0 Å². The number of hydrogen-bond acceptors (Lipinski definition) is 4. The molecule has 2 rings (SSSR count). The lowest BCUT2D eigenvalue weighted by atomic mass is 9.89. The summed E-state index contributed by atoms with van der Waals surface area (Å²) in [6.07, 6.45) is 0.695. The number of nitrogens with zero attached hydrogens (tertiary/aromatic N) is 1. The van der Waals surface area contributed by atoms with E-state index in [9.17, 15) is 14.9 Å². The average molecular weight is 315 g/mol. The predicted octanol–water partition coefficient (Wildman–Crippen LogP) is 1.61. The quantitative estimate of drug-likeness (QED) is 0.655. The van der Waals surface area contributed by atoms with E-state index in [1.54, 1.807) is 0 Å². The first-order valence-corrected chi connectivity index (χ1v) is 6.20. The molecule has 0 bridgehead atoms. The molecular formula is C11H11BrN2O4. The zero-order valence-corrected chi connectivity index (χ0v) is 10.9. The number of carbonyl (C=O) groups is 1. The van der Waals surface area contributed by atoms with Gasteiger partial charge in [0.1, 0.15) is 4.47 Å². The van der Waals surface area contributed by atoms with E-state index in [0.29, 0.717) is 12.8 Å². The fraction of sp³-hybridized carbons (Fsp3) is 0.364. The number of nitro groups is 1. The van der Waals surface area contributed by atoms with Crippen molar-refractivity contribution in [2.75, 3.05) is 0 Å². The normalized spacial score (nSPS) is 22.1. The number of hydrogen-bond donors (Lipinski definition) is 2. The molecule has 1 aromatic carbocycles. The third kappa shape index (κ3) is 2.51. The van der Waals surface area contributed by atoms with Gasteiger partial charge in [-0.2, -0.15) is 0 Å². The zero-order chi connectivity index (χ0) is 13.3.